The number of ether oxygens (including phenoxy) is 2. The Morgan fingerprint density at radius 1 is 1.10 bits per heavy atom. The minimum atomic E-state index is -0.487. The van der Waals surface area contributed by atoms with E-state index in [2.05, 4.69) is 18.2 Å². The van der Waals surface area contributed by atoms with Gasteiger partial charge in [-0.15, -0.1) is 0 Å². The SMILES string of the molecule is CC(C)(C)OC(=O)N1CCC(C(=O)N2CC[NH+](Cc3ccc4c(c3)CCO4)CC2)CC1. The molecular weight excluding hydrogens is 394 g/mol. The van der Waals surface area contributed by atoms with Crippen molar-refractivity contribution in [1.82, 2.24) is 9.80 Å². The molecule has 3 heterocycles. The summed E-state index contributed by atoms with van der Waals surface area (Å²) >= 11 is 0. The summed E-state index contributed by atoms with van der Waals surface area (Å²) < 4.78 is 11.1. The van der Waals surface area contributed by atoms with Gasteiger partial charge in [0, 0.05) is 31.0 Å². The molecule has 31 heavy (non-hydrogen) atoms. The van der Waals surface area contributed by atoms with E-state index < -0.39 is 5.60 Å². The van der Waals surface area contributed by atoms with E-state index in [1.54, 1.807) is 4.90 Å². The molecule has 2 saturated heterocycles. The molecule has 3 aliphatic rings. The van der Waals surface area contributed by atoms with E-state index in [1.807, 2.05) is 25.7 Å². The molecule has 1 aromatic rings. The molecule has 0 spiro atoms. The molecule has 1 N–H and O–H groups in total. The largest absolute Gasteiger partial charge is 0.493 e. The summed E-state index contributed by atoms with van der Waals surface area (Å²) in [5, 5.41) is 0. The topological polar surface area (TPSA) is 63.5 Å². The summed E-state index contributed by atoms with van der Waals surface area (Å²) in [5.74, 6) is 1.32. The fourth-order valence-corrected chi connectivity index (χ4v) is 4.75. The lowest BCUT2D eigenvalue weighted by atomic mass is 9.95. The standard InChI is InChI=1S/C24H35N3O4/c1-24(2,3)31-23(29)27-9-6-19(7-10-27)22(28)26-13-11-25(12-14-26)17-18-4-5-21-20(16-18)8-15-30-21/h4-5,16,19H,6-15,17H2,1-3H3/p+1. The van der Waals surface area contributed by atoms with Gasteiger partial charge in [-0.05, 0) is 57.4 Å². The molecule has 170 valence electrons. The van der Waals surface area contributed by atoms with Gasteiger partial charge < -0.3 is 24.2 Å². The van der Waals surface area contributed by atoms with Crippen molar-refractivity contribution < 1.29 is 24.0 Å². The van der Waals surface area contributed by atoms with Crippen LogP contribution < -0.4 is 9.64 Å². The number of benzene rings is 1. The highest BCUT2D eigenvalue weighted by Gasteiger charge is 2.33. The lowest BCUT2D eigenvalue weighted by Gasteiger charge is -2.37. The summed E-state index contributed by atoms with van der Waals surface area (Å²) in [6.45, 7) is 12.2. The molecule has 0 radical (unpaired) electrons. The zero-order valence-electron chi connectivity index (χ0n) is 19.1. The van der Waals surface area contributed by atoms with Crippen molar-refractivity contribution >= 4 is 12.0 Å². The van der Waals surface area contributed by atoms with Gasteiger partial charge in [-0.3, -0.25) is 4.79 Å². The van der Waals surface area contributed by atoms with E-state index in [4.69, 9.17) is 9.47 Å². The summed E-state index contributed by atoms with van der Waals surface area (Å²) in [7, 11) is 0. The lowest BCUT2D eigenvalue weighted by molar-refractivity contribution is -0.917. The zero-order chi connectivity index (χ0) is 22.0. The second-order valence-corrected chi connectivity index (χ2v) is 10.0. The number of piperazine rings is 1. The van der Waals surface area contributed by atoms with Crippen LogP contribution in [0, 0.1) is 5.92 Å². The van der Waals surface area contributed by atoms with Crippen molar-refractivity contribution in [1.29, 1.82) is 0 Å². The Morgan fingerprint density at radius 3 is 2.48 bits per heavy atom. The van der Waals surface area contributed by atoms with E-state index in [1.165, 1.54) is 16.0 Å². The number of fused-ring (bicyclic) bond motifs is 1. The third kappa shape index (κ3) is 5.50. The summed E-state index contributed by atoms with van der Waals surface area (Å²) in [6.07, 6.45) is 2.19. The number of rotatable bonds is 3. The van der Waals surface area contributed by atoms with Gasteiger partial charge in [0.15, 0.2) is 0 Å². The Labute approximate surface area is 185 Å². The van der Waals surface area contributed by atoms with Gasteiger partial charge >= 0.3 is 6.09 Å². The van der Waals surface area contributed by atoms with Crippen molar-refractivity contribution in [2.24, 2.45) is 5.92 Å². The summed E-state index contributed by atoms with van der Waals surface area (Å²) in [4.78, 5) is 30.6. The third-order valence-corrected chi connectivity index (χ3v) is 6.49. The molecule has 0 atom stereocenters. The van der Waals surface area contributed by atoms with Crippen LogP contribution in [0.2, 0.25) is 0 Å². The van der Waals surface area contributed by atoms with Crippen molar-refractivity contribution in [3.63, 3.8) is 0 Å². The first kappa shape index (κ1) is 21.9. The van der Waals surface area contributed by atoms with Crippen LogP contribution in [0.15, 0.2) is 18.2 Å². The molecule has 0 bridgehead atoms. The van der Waals surface area contributed by atoms with Crippen LogP contribution in [-0.4, -0.2) is 73.3 Å². The second kappa shape index (κ2) is 9.07. The van der Waals surface area contributed by atoms with Gasteiger partial charge in [0.2, 0.25) is 5.91 Å². The van der Waals surface area contributed by atoms with Crippen LogP contribution in [-0.2, 0) is 22.5 Å². The lowest BCUT2D eigenvalue weighted by Crippen LogP contribution is -3.13. The quantitative estimate of drug-likeness (QED) is 0.789. The van der Waals surface area contributed by atoms with Crippen molar-refractivity contribution in [2.45, 2.75) is 52.2 Å². The number of amides is 2. The smallest absolute Gasteiger partial charge is 0.410 e. The fraction of sp³-hybridized carbons (Fsp3) is 0.667. The second-order valence-electron chi connectivity index (χ2n) is 10.0. The van der Waals surface area contributed by atoms with E-state index >= 15 is 0 Å². The highest BCUT2D eigenvalue weighted by atomic mass is 16.6. The van der Waals surface area contributed by atoms with E-state index in [0.29, 0.717) is 13.1 Å². The Balaban J connectivity index is 1.21. The number of nitrogens with zero attached hydrogens (tertiary/aromatic N) is 2. The van der Waals surface area contributed by atoms with Crippen LogP contribution in [0.3, 0.4) is 0 Å². The van der Waals surface area contributed by atoms with Gasteiger partial charge in [0.25, 0.3) is 0 Å². The third-order valence-electron chi connectivity index (χ3n) is 6.49. The van der Waals surface area contributed by atoms with Gasteiger partial charge in [-0.1, -0.05) is 0 Å². The molecule has 7 nitrogen and oxygen atoms in total. The highest BCUT2D eigenvalue weighted by molar-refractivity contribution is 5.79. The number of carbonyl (C=O) groups is 2. The van der Waals surface area contributed by atoms with Gasteiger partial charge in [0.05, 0.1) is 32.8 Å². The van der Waals surface area contributed by atoms with Gasteiger partial charge in [-0.2, -0.15) is 0 Å². The first-order chi connectivity index (χ1) is 14.8. The van der Waals surface area contributed by atoms with Crippen LogP contribution in [0.5, 0.6) is 5.75 Å². The van der Waals surface area contributed by atoms with E-state index in [-0.39, 0.29) is 17.9 Å². The first-order valence-corrected chi connectivity index (χ1v) is 11.6. The van der Waals surface area contributed by atoms with Crippen LogP contribution in [0.1, 0.15) is 44.7 Å². The summed E-state index contributed by atoms with van der Waals surface area (Å²) in [5.41, 5.74) is 2.19. The van der Waals surface area contributed by atoms with Crippen LogP contribution in [0.4, 0.5) is 4.79 Å². The molecule has 2 amide bonds. The van der Waals surface area contributed by atoms with Crippen molar-refractivity contribution in [2.75, 3.05) is 45.9 Å². The maximum absolute atomic E-state index is 13.0. The Morgan fingerprint density at radius 2 is 1.81 bits per heavy atom. The van der Waals surface area contributed by atoms with Crippen LogP contribution in [0.25, 0.3) is 0 Å². The zero-order valence-corrected chi connectivity index (χ0v) is 19.1. The minimum absolute atomic E-state index is 0.0250. The summed E-state index contributed by atoms with van der Waals surface area (Å²) in [6, 6.07) is 6.55. The molecule has 0 aliphatic carbocycles. The molecule has 0 unspecified atom stereocenters. The molecule has 7 heteroatoms. The fourth-order valence-electron chi connectivity index (χ4n) is 4.75. The Hall–Kier alpha value is -2.28. The van der Waals surface area contributed by atoms with Crippen molar-refractivity contribution in [3.8, 4) is 5.75 Å². The Bertz CT molecular complexity index is 804. The normalized spacial score (nSPS) is 20.4. The Kier molecular flexibility index (Phi) is 6.42. The van der Waals surface area contributed by atoms with Crippen LogP contribution >= 0.6 is 0 Å². The number of carbonyl (C=O) groups excluding carboxylic acids is 2. The molecule has 1 aromatic carbocycles. The first-order valence-electron chi connectivity index (χ1n) is 11.6. The van der Waals surface area contributed by atoms with Gasteiger partial charge in [-0.25, -0.2) is 4.79 Å². The molecule has 2 fully saturated rings. The number of quaternary nitrogens is 1. The number of hydrogen-bond donors (Lipinski definition) is 1. The molecular formula is C24H36N3O4+. The average Bonchev–Trinajstić information content (AvgIpc) is 3.21. The number of likely N-dealkylation sites (tertiary alicyclic amines) is 1. The molecule has 4 rings (SSSR count). The van der Waals surface area contributed by atoms with Gasteiger partial charge in [0.1, 0.15) is 17.9 Å². The predicted octanol–water partition coefficient (Wildman–Crippen LogP) is 1.50. The van der Waals surface area contributed by atoms with Crippen molar-refractivity contribution in [3.05, 3.63) is 29.3 Å². The highest BCUT2D eigenvalue weighted by Crippen LogP contribution is 2.25. The van der Waals surface area contributed by atoms with E-state index in [0.717, 1.165) is 64.3 Å². The number of hydrogen-bond acceptors (Lipinski definition) is 4. The number of piperidine rings is 1. The monoisotopic (exact) mass is 430 g/mol. The predicted molar refractivity (Wildman–Crippen MR) is 117 cm³/mol. The molecule has 0 saturated carbocycles. The minimum Gasteiger partial charge on any atom is -0.493 e. The molecule has 0 aromatic heterocycles. The average molecular weight is 431 g/mol. The number of nitrogens with one attached hydrogen (secondary N) is 1. The molecule has 3 aliphatic heterocycles. The maximum atomic E-state index is 13.0. The maximum Gasteiger partial charge on any atom is 0.410 e. The van der Waals surface area contributed by atoms with E-state index in [9.17, 15) is 9.59 Å².